The summed E-state index contributed by atoms with van der Waals surface area (Å²) in [4.78, 5) is 11.3. The van der Waals surface area contributed by atoms with Crippen molar-refractivity contribution in [2.75, 3.05) is 14.2 Å². The van der Waals surface area contributed by atoms with Gasteiger partial charge in [0, 0.05) is 0 Å². The van der Waals surface area contributed by atoms with Crippen molar-refractivity contribution in [2.24, 2.45) is 0 Å². The number of allylic oxidation sites excluding steroid dienone is 2. The molecular weight excluding hydrogens is 332 g/mol. The standard InChI is InChI=1S/C21H20O5/c1-12-16(8-13-4-7-20(26-3)19(22)9-13)15-6-5-14(25-2)10-18(15)17(12)11-21(23)24/h4-10,22H,11H2,1-3H3,(H,23,24)/b16-8-. The van der Waals surface area contributed by atoms with Crippen molar-refractivity contribution in [1.29, 1.82) is 0 Å². The van der Waals surface area contributed by atoms with Crippen LogP contribution in [0.5, 0.6) is 17.2 Å². The summed E-state index contributed by atoms with van der Waals surface area (Å²) < 4.78 is 10.4. The summed E-state index contributed by atoms with van der Waals surface area (Å²) in [5, 5.41) is 19.3. The van der Waals surface area contributed by atoms with Gasteiger partial charge in [0.25, 0.3) is 0 Å². The van der Waals surface area contributed by atoms with Crippen molar-refractivity contribution in [3.05, 3.63) is 58.7 Å². The van der Waals surface area contributed by atoms with Crippen molar-refractivity contribution in [1.82, 2.24) is 0 Å². The fraction of sp³-hybridized carbons (Fsp3) is 0.190. The van der Waals surface area contributed by atoms with Gasteiger partial charge in [-0.2, -0.15) is 0 Å². The predicted octanol–water partition coefficient (Wildman–Crippen LogP) is 4.21. The van der Waals surface area contributed by atoms with Crippen molar-refractivity contribution in [3.63, 3.8) is 0 Å². The largest absolute Gasteiger partial charge is 0.504 e. The summed E-state index contributed by atoms with van der Waals surface area (Å²) in [7, 11) is 3.08. The molecule has 0 heterocycles. The first-order chi connectivity index (χ1) is 12.4. The molecule has 0 radical (unpaired) electrons. The SMILES string of the molecule is COc1ccc2c(c1)C(CC(=O)O)=C(C)/C2=C/c1ccc(OC)c(O)c1. The Morgan fingerprint density at radius 3 is 2.46 bits per heavy atom. The molecule has 0 unspecified atom stereocenters. The third-order valence-corrected chi connectivity index (χ3v) is 4.54. The van der Waals surface area contributed by atoms with Gasteiger partial charge in [0.05, 0.1) is 20.6 Å². The summed E-state index contributed by atoms with van der Waals surface area (Å²) in [6.07, 6.45) is 1.88. The molecule has 3 rings (SSSR count). The number of carboxylic acid groups (broad SMARTS) is 1. The van der Waals surface area contributed by atoms with Crippen LogP contribution >= 0.6 is 0 Å². The van der Waals surface area contributed by atoms with Gasteiger partial charge in [-0.1, -0.05) is 12.1 Å². The van der Waals surface area contributed by atoms with Crippen molar-refractivity contribution in [3.8, 4) is 17.2 Å². The predicted molar refractivity (Wildman–Crippen MR) is 100 cm³/mol. The van der Waals surface area contributed by atoms with Crippen LogP contribution < -0.4 is 9.47 Å². The highest BCUT2D eigenvalue weighted by Crippen LogP contribution is 2.45. The number of carboxylic acids is 1. The lowest BCUT2D eigenvalue weighted by molar-refractivity contribution is -0.135. The van der Waals surface area contributed by atoms with E-state index < -0.39 is 5.97 Å². The lowest BCUT2D eigenvalue weighted by atomic mass is 10.00. The lowest BCUT2D eigenvalue weighted by Gasteiger charge is -2.08. The number of aliphatic carboxylic acids is 1. The van der Waals surface area contributed by atoms with Crippen LogP contribution in [0.4, 0.5) is 0 Å². The van der Waals surface area contributed by atoms with Gasteiger partial charge in [-0.25, -0.2) is 0 Å². The maximum Gasteiger partial charge on any atom is 0.307 e. The molecule has 0 saturated carbocycles. The Balaban J connectivity index is 2.14. The lowest BCUT2D eigenvalue weighted by Crippen LogP contribution is -1.97. The van der Waals surface area contributed by atoms with Gasteiger partial charge in [-0.05, 0) is 70.7 Å². The van der Waals surface area contributed by atoms with Crippen LogP contribution in [-0.2, 0) is 4.79 Å². The van der Waals surface area contributed by atoms with Gasteiger partial charge in [0.15, 0.2) is 11.5 Å². The van der Waals surface area contributed by atoms with E-state index in [4.69, 9.17) is 9.47 Å². The molecule has 5 nitrogen and oxygen atoms in total. The molecular formula is C21H20O5. The Bertz CT molecular complexity index is 937. The molecule has 0 aliphatic heterocycles. The van der Waals surface area contributed by atoms with E-state index >= 15 is 0 Å². The number of phenolic OH excluding ortho intramolecular Hbond substituents is 1. The molecule has 0 aromatic heterocycles. The Morgan fingerprint density at radius 1 is 1.08 bits per heavy atom. The molecule has 26 heavy (non-hydrogen) atoms. The highest BCUT2D eigenvalue weighted by atomic mass is 16.5. The highest BCUT2D eigenvalue weighted by molar-refractivity contribution is 6.07. The number of carbonyl (C=O) groups is 1. The average Bonchev–Trinajstić information content (AvgIpc) is 2.86. The van der Waals surface area contributed by atoms with Crippen LogP contribution in [0.15, 0.2) is 42.0 Å². The fourth-order valence-corrected chi connectivity index (χ4v) is 3.23. The zero-order valence-corrected chi connectivity index (χ0v) is 14.9. The van der Waals surface area contributed by atoms with Gasteiger partial charge in [0.1, 0.15) is 5.75 Å². The molecule has 1 aliphatic carbocycles. The first-order valence-corrected chi connectivity index (χ1v) is 8.14. The molecule has 134 valence electrons. The number of hydrogen-bond donors (Lipinski definition) is 2. The van der Waals surface area contributed by atoms with Crippen LogP contribution in [0.2, 0.25) is 0 Å². The Labute approximate surface area is 151 Å². The topological polar surface area (TPSA) is 76.0 Å². The number of hydrogen-bond acceptors (Lipinski definition) is 4. The molecule has 0 spiro atoms. The summed E-state index contributed by atoms with van der Waals surface area (Å²) in [5.74, 6) is 0.268. The Morgan fingerprint density at radius 2 is 1.85 bits per heavy atom. The molecule has 0 atom stereocenters. The Kier molecular flexibility index (Phi) is 4.71. The minimum absolute atomic E-state index is 0.0576. The first kappa shape index (κ1) is 17.6. The van der Waals surface area contributed by atoms with E-state index in [1.165, 1.54) is 7.11 Å². The van der Waals surface area contributed by atoms with Crippen LogP contribution in [0, 0.1) is 0 Å². The van der Waals surface area contributed by atoms with Gasteiger partial charge < -0.3 is 19.7 Å². The smallest absolute Gasteiger partial charge is 0.307 e. The first-order valence-electron chi connectivity index (χ1n) is 8.14. The normalized spacial score (nSPS) is 14.5. The third kappa shape index (κ3) is 3.16. The molecule has 0 saturated heterocycles. The second-order valence-corrected chi connectivity index (χ2v) is 6.07. The molecule has 1 aliphatic rings. The van der Waals surface area contributed by atoms with Gasteiger partial charge in [-0.15, -0.1) is 0 Å². The van der Waals surface area contributed by atoms with Crippen LogP contribution in [0.25, 0.3) is 17.2 Å². The number of fused-ring (bicyclic) bond motifs is 1. The zero-order valence-electron chi connectivity index (χ0n) is 14.9. The fourth-order valence-electron chi connectivity index (χ4n) is 3.23. The van der Waals surface area contributed by atoms with Gasteiger partial charge in [-0.3, -0.25) is 4.79 Å². The maximum atomic E-state index is 11.3. The molecule has 2 aromatic carbocycles. The number of aromatic hydroxyl groups is 1. The second-order valence-electron chi connectivity index (χ2n) is 6.07. The van der Waals surface area contributed by atoms with E-state index in [1.54, 1.807) is 19.2 Å². The molecule has 5 heteroatoms. The molecule has 0 fully saturated rings. The Hall–Kier alpha value is -3.21. The summed E-state index contributed by atoms with van der Waals surface area (Å²) in [6.45, 7) is 1.92. The van der Waals surface area contributed by atoms with E-state index in [2.05, 4.69) is 0 Å². The highest BCUT2D eigenvalue weighted by Gasteiger charge is 2.25. The quantitative estimate of drug-likeness (QED) is 0.843. The average molecular weight is 352 g/mol. The van der Waals surface area contributed by atoms with Crippen LogP contribution in [-0.4, -0.2) is 30.4 Å². The van der Waals surface area contributed by atoms with Crippen molar-refractivity contribution < 1.29 is 24.5 Å². The minimum Gasteiger partial charge on any atom is -0.504 e. The van der Waals surface area contributed by atoms with E-state index in [0.717, 1.165) is 33.4 Å². The van der Waals surface area contributed by atoms with Crippen molar-refractivity contribution >= 4 is 23.2 Å². The number of phenols is 1. The van der Waals surface area contributed by atoms with E-state index in [9.17, 15) is 15.0 Å². The molecule has 0 bridgehead atoms. The summed E-state index contributed by atoms with van der Waals surface area (Å²) >= 11 is 0. The van der Waals surface area contributed by atoms with Crippen LogP contribution in [0.1, 0.15) is 30.0 Å². The number of methoxy groups -OCH3 is 2. The monoisotopic (exact) mass is 352 g/mol. The minimum atomic E-state index is -0.878. The number of rotatable bonds is 5. The molecule has 2 aromatic rings. The summed E-state index contributed by atoms with van der Waals surface area (Å²) in [5.41, 5.74) is 5.24. The maximum absolute atomic E-state index is 11.3. The zero-order chi connectivity index (χ0) is 18.8. The van der Waals surface area contributed by atoms with Gasteiger partial charge in [0.2, 0.25) is 0 Å². The number of ether oxygens (including phenoxy) is 2. The molecule has 0 amide bonds. The van der Waals surface area contributed by atoms with E-state index in [1.807, 2.05) is 37.3 Å². The van der Waals surface area contributed by atoms with Crippen LogP contribution in [0.3, 0.4) is 0 Å². The molecule has 2 N–H and O–H groups in total. The number of benzene rings is 2. The van der Waals surface area contributed by atoms with E-state index in [0.29, 0.717) is 11.5 Å². The second kappa shape index (κ2) is 6.96. The van der Waals surface area contributed by atoms with Crippen molar-refractivity contribution in [2.45, 2.75) is 13.3 Å². The third-order valence-electron chi connectivity index (χ3n) is 4.54. The van der Waals surface area contributed by atoms with E-state index in [-0.39, 0.29) is 12.2 Å². The summed E-state index contributed by atoms with van der Waals surface area (Å²) in [6, 6.07) is 10.8. The van der Waals surface area contributed by atoms with Gasteiger partial charge >= 0.3 is 5.97 Å².